The first-order valence-corrected chi connectivity index (χ1v) is 9.38. The second kappa shape index (κ2) is 7.14. The predicted octanol–water partition coefficient (Wildman–Crippen LogP) is 2.50. The average Bonchev–Trinajstić information content (AvgIpc) is 3.05. The molecule has 1 aliphatic rings. The molecule has 2 heterocycles. The summed E-state index contributed by atoms with van der Waals surface area (Å²) in [6.07, 6.45) is -0.373. The van der Waals surface area contributed by atoms with Crippen LogP contribution in [0.25, 0.3) is 0 Å². The van der Waals surface area contributed by atoms with E-state index in [0.717, 1.165) is 21.8 Å². The van der Waals surface area contributed by atoms with Gasteiger partial charge >= 0.3 is 13.2 Å². The van der Waals surface area contributed by atoms with Crippen molar-refractivity contribution in [2.24, 2.45) is 5.73 Å². The van der Waals surface area contributed by atoms with Crippen molar-refractivity contribution in [3.8, 4) is 10.9 Å². The van der Waals surface area contributed by atoms with E-state index in [1.54, 1.807) is 7.11 Å². The number of nitrogens with zero attached hydrogens (tertiary/aromatic N) is 1. The van der Waals surface area contributed by atoms with E-state index >= 15 is 0 Å². The number of aromatic nitrogens is 1. The van der Waals surface area contributed by atoms with Gasteiger partial charge in [-0.1, -0.05) is 23.5 Å². The number of rotatable bonds is 5. The van der Waals surface area contributed by atoms with Crippen LogP contribution in [0.2, 0.25) is 0 Å². The van der Waals surface area contributed by atoms with E-state index in [0.29, 0.717) is 6.42 Å². The minimum atomic E-state index is -0.903. The van der Waals surface area contributed by atoms with E-state index in [-0.39, 0.29) is 5.19 Å². The van der Waals surface area contributed by atoms with Gasteiger partial charge in [-0.2, -0.15) is 0 Å². The molecule has 0 unspecified atom stereocenters. The van der Waals surface area contributed by atoms with Crippen molar-refractivity contribution in [3.05, 3.63) is 35.5 Å². The first kappa shape index (κ1) is 19.7. The first-order chi connectivity index (χ1) is 12.6. The lowest BCUT2D eigenvalue weighted by Gasteiger charge is -2.32. The van der Waals surface area contributed by atoms with E-state index < -0.39 is 24.4 Å². The van der Waals surface area contributed by atoms with Gasteiger partial charge in [0.25, 0.3) is 5.19 Å². The van der Waals surface area contributed by atoms with Crippen LogP contribution in [0.4, 0.5) is 4.79 Å². The highest BCUT2D eigenvalue weighted by Gasteiger charge is 2.53. The quantitative estimate of drug-likeness (QED) is 0.789. The van der Waals surface area contributed by atoms with E-state index in [9.17, 15) is 4.79 Å². The van der Waals surface area contributed by atoms with Gasteiger partial charge in [0.1, 0.15) is 5.75 Å². The van der Waals surface area contributed by atoms with E-state index in [1.807, 2.05) is 52.0 Å². The third-order valence-corrected chi connectivity index (χ3v) is 5.89. The van der Waals surface area contributed by atoms with Crippen LogP contribution in [-0.4, -0.2) is 36.5 Å². The zero-order chi connectivity index (χ0) is 19.8. The molecule has 27 heavy (non-hydrogen) atoms. The number of hydrogen-bond acceptors (Lipinski definition) is 7. The van der Waals surface area contributed by atoms with Crippen molar-refractivity contribution in [2.45, 2.75) is 45.3 Å². The highest BCUT2D eigenvalue weighted by Crippen LogP contribution is 2.37. The van der Waals surface area contributed by atoms with Crippen molar-refractivity contribution in [3.63, 3.8) is 0 Å². The van der Waals surface area contributed by atoms with Crippen molar-refractivity contribution in [1.29, 1.82) is 0 Å². The smallest absolute Gasteiger partial charge is 0.497 e. The van der Waals surface area contributed by atoms with Gasteiger partial charge in [0.05, 0.1) is 28.8 Å². The fourth-order valence-electron chi connectivity index (χ4n) is 2.67. The Hall–Kier alpha value is -2.10. The molecule has 9 heteroatoms. The molecule has 2 N–H and O–H groups in total. The highest BCUT2D eigenvalue weighted by atomic mass is 32.1. The molecule has 0 spiro atoms. The number of carbonyl (C=O) groups is 1. The molecule has 0 aliphatic carbocycles. The summed E-state index contributed by atoms with van der Waals surface area (Å²) >= 11 is 1.20. The lowest BCUT2D eigenvalue weighted by Crippen LogP contribution is -2.41. The van der Waals surface area contributed by atoms with Crippen LogP contribution in [0.3, 0.4) is 0 Å². The van der Waals surface area contributed by atoms with Crippen molar-refractivity contribution in [1.82, 2.24) is 4.98 Å². The SMILES string of the molecule is COc1ccc(Cc2nc(OC(N)=O)sc2B2OC(C)(C)C(C)(C)O2)cc1. The van der Waals surface area contributed by atoms with Crippen LogP contribution in [0.15, 0.2) is 24.3 Å². The summed E-state index contributed by atoms with van der Waals surface area (Å²) in [6, 6.07) is 7.69. The maximum atomic E-state index is 11.1. The van der Waals surface area contributed by atoms with Crippen LogP contribution in [0.1, 0.15) is 39.0 Å². The molecule has 0 atom stereocenters. The number of benzene rings is 1. The molecular formula is C18H23BN2O5S. The first-order valence-electron chi connectivity index (χ1n) is 8.57. The summed E-state index contributed by atoms with van der Waals surface area (Å²) in [4.78, 5) is 15.6. The molecule has 0 saturated carbocycles. The number of hydrogen-bond donors (Lipinski definition) is 1. The Morgan fingerprint density at radius 1 is 1.19 bits per heavy atom. The topological polar surface area (TPSA) is 92.9 Å². The Kier molecular flexibility index (Phi) is 5.20. The van der Waals surface area contributed by atoms with Crippen molar-refractivity contribution < 1.29 is 23.6 Å². The summed E-state index contributed by atoms with van der Waals surface area (Å²) in [6.45, 7) is 7.94. The lowest BCUT2D eigenvalue weighted by atomic mass is 9.85. The normalized spacial score (nSPS) is 17.7. The maximum absolute atomic E-state index is 11.1. The van der Waals surface area contributed by atoms with Gasteiger partial charge in [-0.25, -0.2) is 9.78 Å². The third kappa shape index (κ3) is 4.10. The Balaban J connectivity index is 1.92. The number of carbonyl (C=O) groups excluding carboxylic acids is 1. The number of nitrogens with two attached hydrogens (primary N) is 1. The van der Waals surface area contributed by atoms with E-state index in [1.165, 1.54) is 11.3 Å². The van der Waals surface area contributed by atoms with Crippen LogP contribution < -0.4 is 20.0 Å². The number of primary amides is 1. The monoisotopic (exact) mass is 390 g/mol. The summed E-state index contributed by atoms with van der Waals surface area (Å²) < 4.78 is 23.2. The van der Waals surface area contributed by atoms with Gasteiger partial charge in [-0.05, 0) is 45.4 Å². The lowest BCUT2D eigenvalue weighted by molar-refractivity contribution is 0.00578. The minimum absolute atomic E-state index is 0.177. The summed E-state index contributed by atoms with van der Waals surface area (Å²) in [7, 11) is 1.03. The Bertz CT molecular complexity index is 819. The molecule has 144 valence electrons. The second-order valence-electron chi connectivity index (χ2n) is 7.32. The number of ether oxygens (including phenoxy) is 2. The van der Waals surface area contributed by atoms with Gasteiger partial charge in [-0.15, -0.1) is 0 Å². The van der Waals surface area contributed by atoms with Gasteiger partial charge < -0.3 is 24.5 Å². The van der Waals surface area contributed by atoms with Crippen LogP contribution in [-0.2, 0) is 15.7 Å². The standard InChI is InChI=1S/C18H23BN2O5S/c1-17(2)18(3,4)26-19(25-17)14-13(21-16(27-14)24-15(20)22)10-11-6-8-12(23-5)9-7-11/h6-9H,10H2,1-5H3,(H2,20,22). The maximum Gasteiger partial charge on any atom is 0.507 e. The fraction of sp³-hybridized carbons (Fsp3) is 0.444. The van der Waals surface area contributed by atoms with E-state index in [4.69, 9.17) is 24.5 Å². The van der Waals surface area contributed by atoms with E-state index in [2.05, 4.69) is 4.98 Å². The fourth-order valence-corrected chi connectivity index (χ4v) is 3.56. The molecule has 1 saturated heterocycles. The highest BCUT2D eigenvalue weighted by molar-refractivity contribution is 7.23. The molecule has 1 aromatic heterocycles. The van der Waals surface area contributed by atoms with Gasteiger partial charge in [0.2, 0.25) is 0 Å². The zero-order valence-electron chi connectivity index (χ0n) is 16.1. The molecule has 1 amide bonds. The predicted molar refractivity (Wildman–Crippen MR) is 104 cm³/mol. The van der Waals surface area contributed by atoms with Crippen molar-refractivity contribution >= 4 is 29.3 Å². The number of amides is 1. The Morgan fingerprint density at radius 2 is 1.78 bits per heavy atom. The molecular weight excluding hydrogens is 367 g/mol. The third-order valence-electron chi connectivity index (χ3n) is 4.89. The van der Waals surface area contributed by atoms with Crippen LogP contribution in [0.5, 0.6) is 10.9 Å². The molecule has 3 rings (SSSR count). The minimum Gasteiger partial charge on any atom is -0.497 e. The molecule has 0 radical (unpaired) electrons. The van der Waals surface area contributed by atoms with Crippen LogP contribution >= 0.6 is 11.3 Å². The summed E-state index contributed by atoms with van der Waals surface area (Å²) in [5, 5.41) is 0.177. The Labute approximate surface area is 162 Å². The van der Waals surface area contributed by atoms with Crippen molar-refractivity contribution in [2.75, 3.05) is 7.11 Å². The zero-order valence-corrected chi connectivity index (χ0v) is 16.9. The van der Waals surface area contributed by atoms with Crippen LogP contribution in [0, 0.1) is 0 Å². The number of methoxy groups -OCH3 is 1. The van der Waals surface area contributed by atoms with Gasteiger partial charge in [-0.3, -0.25) is 0 Å². The molecule has 0 bridgehead atoms. The molecule has 1 aliphatic heterocycles. The molecule has 2 aromatic rings. The largest absolute Gasteiger partial charge is 0.507 e. The average molecular weight is 390 g/mol. The van der Waals surface area contributed by atoms with Gasteiger partial charge in [0.15, 0.2) is 0 Å². The van der Waals surface area contributed by atoms with Gasteiger partial charge in [0, 0.05) is 6.42 Å². The molecule has 7 nitrogen and oxygen atoms in total. The molecule has 1 aromatic carbocycles. The summed E-state index contributed by atoms with van der Waals surface area (Å²) in [5.41, 5.74) is 5.93. The Morgan fingerprint density at radius 3 is 2.30 bits per heavy atom. The number of thiazole rings is 1. The molecule has 1 fully saturated rings. The second-order valence-corrected chi connectivity index (χ2v) is 8.32. The summed E-state index contributed by atoms with van der Waals surface area (Å²) in [5.74, 6) is 0.779.